The van der Waals surface area contributed by atoms with Gasteiger partial charge in [-0.1, -0.05) is 0 Å². The second-order valence-corrected chi connectivity index (χ2v) is 4.76. The number of unbranched alkanes of at least 4 members (excludes halogenated alkanes) is 1. The molecule has 0 bridgehead atoms. The Balaban J connectivity index is 2.06. The van der Waals surface area contributed by atoms with Crippen LogP contribution in [0.5, 0.6) is 0 Å². The summed E-state index contributed by atoms with van der Waals surface area (Å²) in [5.41, 5.74) is 5.17. The Morgan fingerprint density at radius 1 is 1.41 bits per heavy atom. The quantitative estimate of drug-likeness (QED) is 0.770. The second-order valence-electron chi connectivity index (χ2n) is 4.76. The van der Waals surface area contributed by atoms with Crippen molar-refractivity contribution in [1.82, 2.24) is 20.2 Å². The molecule has 1 fully saturated rings. The van der Waals surface area contributed by atoms with Crippen molar-refractivity contribution in [1.29, 1.82) is 0 Å². The minimum absolute atomic E-state index is 0.315. The summed E-state index contributed by atoms with van der Waals surface area (Å²) in [6.45, 7) is 4.41. The van der Waals surface area contributed by atoms with Gasteiger partial charge in [0.25, 0.3) is 0 Å². The van der Waals surface area contributed by atoms with Gasteiger partial charge in [-0.15, -0.1) is 5.10 Å². The van der Waals surface area contributed by atoms with E-state index in [1.54, 1.807) is 0 Å². The maximum Gasteiger partial charge on any atom is 0.183 e. The zero-order valence-electron chi connectivity index (χ0n) is 10.4. The molecule has 0 amide bonds. The molecule has 1 aromatic rings. The number of nitrogens with two attached hydrogens (primary N) is 1. The molecule has 6 nitrogen and oxygen atoms in total. The lowest BCUT2D eigenvalue weighted by atomic mass is 9.95. The van der Waals surface area contributed by atoms with Gasteiger partial charge in [-0.05, 0) is 56.0 Å². The van der Waals surface area contributed by atoms with E-state index in [-0.39, 0.29) is 5.60 Å². The van der Waals surface area contributed by atoms with E-state index in [4.69, 9.17) is 10.5 Å². The first kappa shape index (κ1) is 12.4. The van der Waals surface area contributed by atoms with Gasteiger partial charge in [-0.3, -0.25) is 0 Å². The van der Waals surface area contributed by atoms with Crippen molar-refractivity contribution in [2.45, 2.75) is 51.2 Å². The van der Waals surface area contributed by atoms with Crippen LogP contribution >= 0.6 is 0 Å². The molecule has 2 heterocycles. The Hall–Kier alpha value is -1.01. The fraction of sp³-hybridized carbons (Fsp3) is 0.909. The molecule has 0 radical (unpaired) electrons. The average molecular weight is 239 g/mol. The minimum Gasteiger partial charge on any atom is -0.367 e. The van der Waals surface area contributed by atoms with E-state index in [0.717, 1.165) is 44.7 Å². The highest BCUT2D eigenvalue weighted by Crippen LogP contribution is 2.32. The number of tetrazole rings is 1. The van der Waals surface area contributed by atoms with Crippen LogP contribution in [0.25, 0.3) is 0 Å². The summed E-state index contributed by atoms with van der Waals surface area (Å²) in [4.78, 5) is 0. The average Bonchev–Trinajstić information content (AvgIpc) is 2.79. The standard InChI is InChI=1S/C11H21N5O/c1-11(6-2-5-9-17-11)10-13-14-15-16(10)8-4-3-7-12/h2-9,12H2,1H3. The third-order valence-electron chi connectivity index (χ3n) is 3.30. The number of aryl methyl sites for hydroxylation is 1. The summed E-state index contributed by atoms with van der Waals surface area (Å²) >= 11 is 0. The van der Waals surface area contributed by atoms with E-state index in [9.17, 15) is 0 Å². The zero-order valence-corrected chi connectivity index (χ0v) is 10.4. The lowest BCUT2D eigenvalue weighted by Gasteiger charge is -2.32. The van der Waals surface area contributed by atoms with Gasteiger partial charge in [0.15, 0.2) is 5.82 Å². The first-order valence-corrected chi connectivity index (χ1v) is 6.37. The number of aromatic nitrogens is 4. The van der Waals surface area contributed by atoms with Crippen molar-refractivity contribution < 1.29 is 4.74 Å². The van der Waals surface area contributed by atoms with Crippen LogP contribution in [-0.4, -0.2) is 33.4 Å². The SMILES string of the molecule is CC1(c2nnnn2CCCCN)CCCCO1. The summed E-state index contributed by atoms with van der Waals surface area (Å²) < 4.78 is 7.73. The van der Waals surface area contributed by atoms with Crippen molar-refractivity contribution >= 4 is 0 Å². The van der Waals surface area contributed by atoms with Gasteiger partial charge in [0.1, 0.15) is 5.60 Å². The molecule has 0 spiro atoms. The smallest absolute Gasteiger partial charge is 0.183 e. The Morgan fingerprint density at radius 2 is 2.29 bits per heavy atom. The Labute approximate surface area is 102 Å². The molecule has 1 saturated heterocycles. The molecule has 2 rings (SSSR count). The summed E-state index contributed by atoms with van der Waals surface area (Å²) in [5.74, 6) is 0.856. The van der Waals surface area contributed by atoms with Crippen LogP contribution < -0.4 is 5.73 Å². The van der Waals surface area contributed by atoms with Gasteiger partial charge in [0.2, 0.25) is 0 Å². The van der Waals surface area contributed by atoms with Crippen LogP contribution in [0.1, 0.15) is 44.9 Å². The highest BCUT2D eigenvalue weighted by atomic mass is 16.5. The highest BCUT2D eigenvalue weighted by Gasteiger charge is 2.35. The van der Waals surface area contributed by atoms with Crippen molar-refractivity contribution in [3.05, 3.63) is 5.82 Å². The zero-order chi connectivity index (χ0) is 12.1. The third kappa shape index (κ3) is 2.81. The topological polar surface area (TPSA) is 78.9 Å². The van der Waals surface area contributed by atoms with E-state index in [0.29, 0.717) is 6.54 Å². The van der Waals surface area contributed by atoms with Crippen LogP contribution in [0.15, 0.2) is 0 Å². The first-order valence-electron chi connectivity index (χ1n) is 6.37. The second kappa shape index (κ2) is 5.55. The van der Waals surface area contributed by atoms with E-state index in [2.05, 4.69) is 22.4 Å². The number of hydrogen-bond donors (Lipinski definition) is 1. The molecule has 1 atom stereocenters. The van der Waals surface area contributed by atoms with Crippen molar-refractivity contribution in [2.24, 2.45) is 5.73 Å². The van der Waals surface area contributed by atoms with Crippen LogP contribution in [0, 0.1) is 0 Å². The molecule has 1 unspecified atom stereocenters. The Morgan fingerprint density at radius 3 is 3.00 bits per heavy atom. The molecular weight excluding hydrogens is 218 g/mol. The molecule has 0 aliphatic carbocycles. The largest absolute Gasteiger partial charge is 0.367 e. The summed E-state index contributed by atoms with van der Waals surface area (Å²) in [7, 11) is 0. The molecule has 1 aromatic heterocycles. The molecule has 17 heavy (non-hydrogen) atoms. The predicted molar refractivity (Wildman–Crippen MR) is 63.3 cm³/mol. The van der Waals surface area contributed by atoms with Crippen LogP contribution in [0.4, 0.5) is 0 Å². The van der Waals surface area contributed by atoms with Gasteiger partial charge >= 0.3 is 0 Å². The Kier molecular flexibility index (Phi) is 4.06. The van der Waals surface area contributed by atoms with Crippen molar-refractivity contribution in [3.8, 4) is 0 Å². The van der Waals surface area contributed by atoms with Gasteiger partial charge in [0.05, 0.1) is 0 Å². The molecule has 0 aromatic carbocycles. The minimum atomic E-state index is -0.315. The van der Waals surface area contributed by atoms with Gasteiger partial charge in [-0.25, -0.2) is 4.68 Å². The molecule has 1 aliphatic heterocycles. The lowest BCUT2D eigenvalue weighted by Crippen LogP contribution is -2.33. The first-order chi connectivity index (χ1) is 8.26. The molecule has 2 N–H and O–H groups in total. The number of hydrogen-bond acceptors (Lipinski definition) is 5. The summed E-state index contributed by atoms with van der Waals surface area (Å²) in [5, 5.41) is 12.0. The van der Waals surface area contributed by atoms with E-state index < -0.39 is 0 Å². The number of ether oxygens (including phenoxy) is 1. The molecule has 6 heteroatoms. The van der Waals surface area contributed by atoms with E-state index in [1.165, 1.54) is 6.42 Å². The van der Waals surface area contributed by atoms with Crippen LogP contribution in [0.3, 0.4) is 0 Å². The van der Waals surface area contributed by atoms with E-state index in [1.807, 2.05) is 4.68 Å². The van der Waals surface area contributed by atoms with Gasteiger partial charge in [-0.2, -0.15) is 0 Å². The lowest BCUT2D eigenvalue weighted by molar-refractivity contribution is -0.0788. The third-order valence-corrected chi connectivity index (χ3v) is 3.30. The summed E-state index contributed by atoms with van der Waals surface area (Å²) in [6.07, 6.45) is 5.29. The van der Waals surface area contributed by atoms with Crippen LogP contribution in [-0.2, 0) is 16.9 Å². The molecule has 1 aliphatic rings. The van der Waals surface area contributed by atoms with Crippen molar-refractivity contribution in [3.63, 3.8) is 0 Å². The number of nitrogens with zero attached hydrogens (tertiary/aromatic N) is 4. The monoisotopic (exact) mass is 239 g/mol. The predicted octanol–water partition coefficient (Wildman–Crippen LogP) is 0.828. The fourth-order valence-corrected chi connectivity index (χ4v) is 2.25. The van der Waals surface area contributed by atoms with Crippen molar-refractivity contribution in [2.75, 3.05) is 13.2 Å². The molecule has 0 saturated carbocycles. The van der Waals surface area contributed by atoms with Gasteiger partial charge in [0, 0.05) is 13.2 Å². The molecular formula is C11H21N5O. The molecule has 96 valence electrons. The normalized spacial score (nSPS) is 25.1. The highest BCUT2D eigenvalue weighted by molar-refractivity contribution is 4.99. The maximum atomic E-state index is 5.87. The fourth-order valence-electron chi connectivity index (χ4n) is 2.25. The number of rotatable bonds is 5. The summed E-state index contributed by atoms with van der Waals surface area (Å²) in [6, 6.07) is 0. The van der Waals surface area contributed by atoms with Gasteiger partial charge < -0.3 is 10.5 Å². The van der Waals surface area contributed by atoms with Crippen LogP contribution in [0.2, 0.25) is 0 Å². The van der Waals surface area contributed by atoms with E-state index >= 15 is 0 Å². The maximum absolute atomic E-state index is 5.87. The Bertz CT molecular complexity index is 345.